The maximum absolute atomic E-state index is 12.0. The monoisotopic (exact) mass is 296 g/mol. The maximum Gasteiger partial charge on any atom is 0.263 e. The lowest BCUT2D eigenvalue weighted by atomic mass is 10.3. The van der Waals surface area contributed by atoms with E-state index in [2.05, 4.69) is 20.4 Å². The number of nitrogens with zero attached hydrogens (tertiary/aromatic N) is 3. The first-order valence-corrected chi connectivity index (χ1v) is 6.94. The van der Waals surface area contributed by atoms with Crippen LogP contribution in [0.1, 0.15) is 32.1 Å². The van der Waals surface area contributed by atoms with Gasteiger partial charge < -0.3 is 14.6 Å². The number of amides is 1. The SMILES string of the molecule is COCc1nc(CCNC(=O)c2sc(C)nc2C)no1. The van der Waals surface area contributed by atoms with E-state index in [1.165, 1.54) is 11.3 Å². The molecule has 108 valence electrons. The molecule has 0 spiro atoms. The van der Waals surface area contributed by atoms with Gasteiger partial charge in [-0.2, -0.15) is 4.98 Å². The highest BCUT2D eigenvalue weighted by Crippen LogP contribution is 2.16. The molecule has 8 heteroatoms. The molecule has 2 rings (SSSR count). The van der Waals surface area contributed by atoms with Gasteiger partial charge in [-0.1, -0.05) is 5.16 Å². The first-order valence-electron chi connectivity index (χ1n) is 6.12. The van der Waals surface area contributed by atoms with Crippen LogP contribution in [0.4, 0.5) is 0 Å². The van der Waals surface area contributed by atoms with Gasteiger partial charge in [-0.3, -0.25) is 4.79 Å². The van der Waals surface area contributed by atoms with Crippen molar-refractivity contribution < 1.29 is 14.1 Å². The molecule has 2 heterocycles. The molecule has 0 aliphatic heterocycles. The molecule has 20 heavy (non-hydrogen) atoms. The van der Waals surface area contributed by atoms with Gasteiger partial charge in [0.1, 0.15) is 11.5 Å². The molecule has 0 unspecified atom stereocenters. The van der Waals surface area contributed by atoms with Crippen LogP contribution in [0.2, 0.25) is 0 Å². The van der Waals surface area contributed by atoms with E-state index in [1.54, 1.807) is 7.11 Å². The van der Waals surface area contributed by atoms with E-state index in [0.717, 1.165) is 10.7 Å². The van der Waals surface area contributed by atoms with Crippen molar-refractivity contribution in [1.82, 2.24) is 20.4 Å². The van der Waals surface area contributed by atoms with Crippen LogP contribution in [0.3, 0.4) is 0 Å². The molecule has 0 bridgehead atoms. The van der Waals surface area contributed by atoms with Crippen molar-refractivity contribution >= 4 is 17.2 Å². The van der Waals surface area contributed by atoms with Gasteiger partial charge >= 0.3 is 0 Å². The first-order chi connectivity index (χ1) is 9.60. The van der Waals surface area contributed by atoms with Crippen molar-refractivity contribution in [3.05, 3.63) is 27.3 Å². The molecule has 0 atom stereocenters. The van der Waals surface area contributed by atoms with Crippen molar-refractivity contribution in [3.63, 3.8) is 0 Å². The van der Waals surface area contributed by atoms with E-state index in [-0.39, 0.29) is 5.91 Å². The minimum atomic E-state index is -0.117. The Hall–Kier alpha value is -1.80. The fraction of sp³-hybridized carbons (Fsp3) is 0.500. The second-order valence-electron chi connectivity index (χ2n) is 4.19. The number of hydrogen-bond donors (Lipinski definition) is 1. The van der Waals surface area contributed by atoms with Crippen LogP contribution < -0.4 is 5.32 Å². The number of rotatable bonds is 6. The first kappa shape index (κ1) is 14.6. The van der Waals surface area contributed by atoms with Crippen LogP contribution in [-0.4, -0.2) is 34.7 Å². The molecular formula is C12H16N4O3S. The zero-order valence-electron chi connectivity index (χ0n) is 11.6. The Morgan fingerprint density at radius 2 is 2.20 bits per heavy atom. The zero-order chi connectivity index (χ0) is 14.5. The van der Waals surface area contributed by atoms with Gasteiger partial charge in [0.05, 0.1) is 10.7 Å². The third-order valence-corrected chi connectivity index (χ3v) is 3.59. The largest absolute Gasteiger partial charge is 0.375 e. The lowest BCUT2D eigenvalue weighted by Gasteiger charge is -2.01. The highest BCUT2D eigenvalue weighted by Gasteiger charge is 2.13. The number of carbonyl (C=O) groups excluding carboxylic acids is 1. The van der Waals surface area contributed by atoms with Crippen LogP contribution in [0.15, 0.2) is 4.52 Å². The van der Waals surface area contributed by atoms with Crippen molar-refractivity contribution in [2.75, 3.05) is 13.7 Å². The van der Waals surface area contributed by atoms with Crippen molar-refractivity contribution in [2.24, 2.45) is 0 Å². The van der Waals surface area contributed by atoms with Crippen LogP contribution >= 0.6 is 11.3 Å². The Kier molecular flexibility index (Phi) is 4.80. The summed E-state index contributed by atoms with van der Waals surface area (Å²) >= 11 is 1.39. The lowest BCUT2D eigenvalue weighted by molar-refractivity contribution is 0.0957. The van der Waals surface area contributed by atoms with E-state index in [9.17, 15) is 4.79 Å². The fourth-order valence-corrected chi connectivity index (χ4v) is 2.52. The minimum Gasteiger partial charge on any atom is -0.375 e. The highest BCUT2D eigenvalue weighted by atomic mass is 32.1. The van der Waals surface area contributed by atoms with Crippen LogP contribution in [-0.2, 0) is 17.8 Å². The van der Waals surface area contributed by atoms with Gasteiger partial charge in [-0.05, 0) is 13.8 Å². The number of carbonyl (C=O) groups is 1. The standard InChI is InChI=1S/C12H16N4O3S/c1-7-11(20-8(2)14-7)12(17)13-5-4-9-15-10(6-18-3)19-16-9/h4-6H2,1-3H3,(H,13,17). The number of thiazole rings is 1. The van der Waals surface area contributed by atoms with Gasteiger partial charge in [0.2, 0.25) is 0 Å². The third-order valence-electron chi connectivity index (χ3n) is 2.52. The molecule has 1 N–H and O–H groups in total. The van der Waals surface area contributed by atoms with Gasteiger partial charge in [0.15, 0.2) is 5.82 Å². The number of ether oxygens (including phenoxy) is 1. The molecule has 0 radical (unpaired) electrons. The zero-order valence-corrected chi connectivity index (χ0v) is 12.4. The summed E-state index contributed by atoms with van der Waals surface area (Å²) in [6.45, 7) is 4.44. The predicted octanol–water partition coefficient (Wildman–Crippen LogP) is 1.26. The number of hydrogen-bond acceptors (Lipinski definition) is 7. The van der Waals surface area contributed by atoms with Gasteiger partial charge in [0, 0.05) is 20.1 Å². The van der Waals surface area contributed by atoms with E-state index in [1.807, 2.05) is 13.8 Å². The Morgan fingerprint density at radius 1 is 1.40 bits per heavy atom. The summed E-state index contributed by atoms with van der Waals surface area (Å²) in [6.07, 6.45) is 0.510. The third kappa shape index (κ3) is 3.61. The molecular weight excluding hydrogens is 280 g/mol. The van der Waals surface area contributed by atoms with E-state index >= 15 is 0 Å². The Bertz CT molecular complexity index is 593. The molecule has 0 fully saturated rings. The molecule has 1 amide bonds. The van der Waals surface area contributed by atoms with E-state index < -0.39 is 0 Å². The molecule has 7 nitrogen and oxygen atoms in total. The van der Waals surface area contributed by atoms with Gasteiger partial charge in [-0.15, -0.1) is 11.3 Å². The average molecular weight is 296 g/mol. The highest BCUT2D eigenvalue weighted by molar-refractivity contribution is 7.13. The quantitative estimate of drug-likeness (QED) is 0.863. The summed E-state index contributed by atoms with van der Waals surface area (Å²) in [6, 6.07) is 0. The van der Waals surface area contributed by atoms with Crippen LogP contribution in [0.25, 0.3) is 0 Å². The molecule has 2 aromatic heterocycles. The van der Waals surface area contributed by atoms with Crippen molar-refractivity contribution in [1.29, 1.82) is 0 Å². The number of aryl methyl sites for hydroxylation is 2. The molecule has 0 saturated carbocycles. The van der Waals surface area contributed by atoms with E-state index in [4.69, 9.17) is 9.26 Å². The Labute approximate surface area is 120 Å². The van der Waals surface area contributed by atoms with Gasteiger partial charge in [-0.25, -0.2) is 4.98 Å². The lowest BCUT2D eigenvalue weighted by Crippen LogP contribution is -2.25. The summed E-state index contributed by atoms with van der Waals surface area (Å²) in [5.74, 6) is 0.867. The molecule has 0 aliphatic carbocycles. The van der Waals surface area contributed by atoms with Crippen molar-refractivity contribution in [2.45, 2.75) is 26.9 Å². The van der Waals surface area contributed by atoms with Crippen LogP contribution in [0.5, 0.6) is 0 Å². The Balaban J connectivity index is 1.83. The smallest absolute Gasteiger partial charge is 0.263 e. The second kappa shape index (κ2) is 6.58. The van der Waals surface area contributed by atoms with Crippen molar-refractivity contribution in [3.8, 4) is 0 Å². The molecule has 0 aromatic carbocycles. The number of nitrogens with one attached hydrogen (secondary N) is 1. The van der Waals surface area contributed by atoms with Crippen LogP contribution in [0, 0.1) is 13.8 Å². The number of aromatic nitrogens is 3. The second-order valence-corrected chi connectivity index (χ2v) is 5.39. The predicted molar refractivity (Wildman–Crippen MR) is 72.6 cm³/mol. The summed E-state index contributed by atoms with van der Waals surface area (Å²) in [4.78, 5) is 21.0. The molecule has 0 saturated heterocycles. The summed E-state index contributed by atoms with van der Waals surface area (Å²) < 4.78 is 9.85. The summed E-state index contributed by atoms with van der Waals surface area (Å²) in [5, 5.41) is 7.50. The summed E-state index contributed by atoms with van der Waals surface area (Å²) in [7, 11) is 1.56. The fourth-order valence-electron chi connectivity index (χ4n) is 1.68. The number of methoxy groups -OCH3 is 1. The topological polar surface area (TPSA) is 90.1 Å². The summed E-state index contributed by atoms with van der Waals surface area (Å²) in [5.41, 5.74) is 0.756. The average Bonchev–Trinajstić information content (AvgIpc) is 2.96. The normalized spacial score (nSPS) is 10.8. The maximum atomic E-state index is 12.0. The minimum absolute atomic E-state index is 0.117. The van der Waals surface area contributed by atoms with Gasteiger partial charge in [0.25, 0.3) is 11.8 Å². The molecule has 2 aromatic rings. The molecule has 0 aliphatic rings. The van der Waals surface area contributed by atoms with E-state index in [0.29, 0.717) is 36.2 Å². The Morgan fingerprint density at radius 3 is 2.85 bits per heavy atom.